The van der Waals surface area contributed by atoms with E-state index in [1.165, 1.54) is 4.90 Å². The van der Waals surface area contributed by atoms with E-state index in [2.05, 4.69) is 31.9 Å². The van der Waals surface area contributed by atoms with Crippen LogP contribution in [0.25, 0.3) is 22.3 Å². The van der Waals surface area contributed by atoms with Crippen molar-refractivity contribution in [2.45, 2.75) is 69.8 Å². The largest absolute Gasteiger partial charge is 0.455 e. The summed E-state index contributed by atoms with van der Waals surface area (Å²) in [6, 6.07) is 28.3. The van der Waals surface area contributed by atoms with Crippen molar-refractivity contribution < 1.29 is 33.1 Å². The molecule has 3 heterocycles. The molecule has 0 aliphatic carbocycles. The number of fused-ring (bicyclic) bond motifs is 1. The van der Waals surface area contributed by atoms with E-state index in [-0.39, 0.29) is 29.7 Å². The minimum Gasteiger partial charge on any atom is -0.455 e. The molecule has 0 saturated carbocycles. The number of nitrogens with one attached hydrogen (secondary N) is 3. The fourth-order valence-electron chi connectivity index (χ4n) is 8.01. The lowest BCUT2D eigenvalue weighted by Crippen LogP contribution is -2.48. The van der Waals surface area contributed by atoms with Crippen LogP contribution >= 0.6 is 15.9 Å². The molecule has 0 spiro atoms. The molecule has 5 aromatic rings. The van der Waals surface area contributed by atoms with Crippen molar-refractivity contribution in [3.63, 3.8) is 0 Å². The summed E-state index contributed by atoms with van der Waals surface area (Å²) in [5, 5.41) is 9.44. The van der Waals surface area contributed by atoms with Gasteiger partial charge in [-0.3, -0.25) is 24.1 Å². The van der Waals surface area contributed by atoms with E-state index in [1.54, 1.807) is 67.3 Å². The average Bonchev–Trinajstić information content (AvgIpc) is 4.00. The second kappa shape index (κ2) is 18.5. The topological polar surface area (TPSA) is 154 Å². The van der Waals surface area contributed by atoms with Gasteiger partial charge in [0, 0.05) is 35.4 Å². The third kappa shape index (κ3) is 9.24. The highest BCUT2D eigenvalue weighted by molar-refractivity contribution is 9.10. The number of hydrogen-bond acceptors (Lipinski definition) is 8. The Morgan fingerprint density at radius 3 is 1.87 bits per heavy atom. The van der Waals surface area contributed by atoms with Crippen molar-refractivity contribution in [1.29, 1.82) is 0 Å². The molecule has 4 atom stereocenters. The molecule has 0 bridgehead atoms. The summed E-state index contributed by atoms with van der Waals surface area (Å²) in [4.78, 5) is 72.8. The molecule has 0 radical (unpaired) electrons. The van der Waals surface area contributed by atoms with Gasteiger partial charge < -0.3 is 34.9 Å². The fourth-order valence-corrected chi connectivity index (χ4v) is 8.63. The van der Waals surface area contributed by atoms with Crippen molar-refractivity contribution in [3.8, 4) is 11.3 Å². The monoisotopic (exact) mass is 876 g/mol. The zero-order valence-corrected chi connectivity index (χ0v) is 35.6. The third-order valence-corrected chi connectivity index (χ3v) is 11.6. The Hall–Kier alpha value is -5.99. The number of nitrogens with zero attached hydrogens (tertiary/aromatic N) is 3. The summed E-state index contributed by atoms with van der Waals surface area (Å²) in [7, 11) is 3.74. The molecule has 2 aliphatic heterocycles. The Morgan fingerprint density at radius 1 is 0.733 bits per heavy atom. The zero-order valence-electron chi connectivity index (χ0n) is 34.0. The van der Waals surface area contributed by atoms with Crippen LogP contribution < -0.4 is 16.0 Å². The minimum atomic E-state index is -1.02. The Kier molecular flexibility index (Phi) is 13.0. The van der Waals surface area contributed by atoms with Gasteiger partial charge in [-0.1, -0.05) is 60.7 Å². The van der Waals surface area contributed by atoms with E-state index in [0.717, 1.165) is 22.9 Å². The Bertz CT molecular complexity index is 2350. The number of furan rings is 1. The maximum atomic E-state index is 13.9. The molecule has 0 unspecified atom stereocenters. The molecule has 3 N–H and O–H groups in total. The molecular formula is C46H49BrN6O7. The third-order valence-electron chi connectivity index (χ3n) is 10.8. The lowest BCUT2D eigenvalue weighted by molar-refractivity contribution is -0.140. The molecular weight excluding hydrogens is 828 g/mol. The zero-order chi connectivity index (χ0) is 42.5. The van der Waals surface area contributed by atoms with Crippen LogP contribution in [0, 0.1) is 0 Å². The molecule has 2 aliphatic rings. The summed E-state index contributed by atoms with van der Waals surface area (Å²) >= 11 is 3.71. The number of likely N-dealkylation sites (N-methyl/N-ethyl adjacent to an activating group) is 1. The van der Waals surface area contributed by atoms with E-state index in [0.29, 0.717) is 65.1 Å². The summed E-state index contributed by atoms with van der Waals surface area (Å²) in [5.41, 5.74) is 3.93. The van der Waals surface area contributed by atoms with Crippen molar-refractivity contribution >= 4 is 68.0 Å². The van der Waals surface area contributed by atoms with Gasteiger partial charge in [0.25, 0.3) is 5.91 Å². The number of anilines is 2. The summed E-state index contributed by atoms with van der Waals surface area (Å²) in [6.07, 6.45) is 1.34. The SMILES string of the molecule is CC(C)OC(=O)N[C@@H](C(=O)N1CCC[C@H]1C(=O)Nc1ccc(-c2oc3ccc(NC(=O)[C@@H]4CCCN4C(=O)[C@@H](c4ccccc4)N(C)C)cc3c2Br)cc1)c1ccccc1. The molecule has 60 heavy (non-hydrogen) atoms. The second-order valence-electron chi connectivity index (χ2n) is 15.6. The number of hydrogen-bond donors (Lipinski definition) is 3. The van der Waals surface area contributed by atoms with Crippen LogP contribution in [-0.2, 0) is 23.9 Å². The van der Waals surface area contributed by atoms with E-state index < -0.39 is 30.3 Å². The lowest BCUT2D eigenvalue weighted by atomic mass is 10.0. The molecule has 312 valence electrons. The van der Waals surface area contributed by atoms with E-state index >= 15 is 0 Å². The lowest BCUT2D eigenvalue weighted by Gasteiger charge is -2.31. The van der Waals surface area contributed by atoms with Gasteiger partial charge in [-0.2, -0.15) is 0 Å². The Labute approximate surface area is 357 Å². The van der Waals surface area contributed by atoms with Gasteiger partial charge in [-0.05, 0) is 123 Å². The second-order valence-corrected chi connectivity index (χ2v) is 16.4. The Balaban J connectivity index is 1.01. The minimum absolute atomic E-state index is 0.102. The summed E-state index contributed by atoms with van der Waals surface area (Å²) < 4.78 is 12.2. The van der Waals surface area contributed by atoms with Crippen molar-refractivity contribution in [2.75, 3.05) is 37.8 Å². The van der Waals surface area contributed by atoms with Crippen LogP contribution in [0.3, 0.4) is 0 Å². The van der Waals surface area contributed by atoms with Crippen LogP contribution in [-0.4, -0.2) is 89.8 Å². The highest BCUT2D eigenvalue weighted by atomic mass is 79.9. The summed E-state index contributed by atoms with van der Waals surface area (Å²) in [6.45, 7) is 4.34. The van der Waals surface area contributed by atoms with Crippen LogP contribution in [0.1, 0.15) is 62.7 Å². The molecule has 14 heteroatoms. The van der Waals surface area contributed by atoms with Crippen LogP contribution in [0.2, 0.25) is 0 Å². The van der Waals surface area contributed by atoms with E-state index in [4.69, 9.17) is 9.15 Å². The fraction of sp³-hybridized carbons (Fsp3) is 0.326. The number of ether oxygens (including phenoxy) is 1. The molecule has 4 aromatic carbocycles. The van der Waals surface area contributed by atoms with Gasteiger partial charge in [0.05, 0.1) is 10.6 Å². The van der Waals surface area contributed by atoms with Gasteiger partial charge in [0.1, 0.15) is 35.5 Å². The summed E-state index contributed by atoms with van der Waals surface area (Å²) in [5.74, 6) is -0.497. The van der Waals surface area contributed by atoms with Crippen LogP contribution in [0.4, 0.5) is 16.2 Å². The highest BCUT2D eigenvalue weighted by Gasteiger charge is 2.40. The van der Waals surface area contributed by atoms with Gasteiger partial charge in [0.2, 0.25) is 17.7 Å². The van der Waals surface area contributed by atoms with Crippen molar-refractivity contribution in [3.05, 3.63) is 119 Å². The quantitative estimate of drug-likeness (QED) is 0.114. The van der Waals surface area contributed by atoms with E-state index in [1.807, 2.05) is 73.6 Å². The Morgan fingerprint density at radius 2 is 1.28 bits per heavy atom. The van der Waals surface area contributed by atoms with Crippen molar-refractivity contribution in [2.24, 2.45) is 0 Å². The number of likely N-dealkylation sites (tertiary alicyclic amines) is 2. The molecule has 2 fully saturated rings. The van der Waals surface area contributed by atoms with Crippen LogP contribution in [0.15, 0.2) is 112 Å². The van der Waals surface area contributed by atoms with Gasteiger partial charge in [0.15, 0.2) is 0 Å². The first-order valence-electron chi connectivity index (χ1n) is 20.2. The van der Waals surface area contributed by atoms with E-state index in [9.17, 15) is 24.0 Å². The first-order chi connectivity index (χ1) is 28.9. The number of alkyl carbamates (subject to hydrolysis) is 1. The number of halogens is 1. The van der Waals surface area contributed by atoms with Gasteiger partial charge >= 0.3 is 6.09 Å². The number of carbonyl (C=O) groups excluding carboxylic acids is 5. The standard InChI is InChI=1S/C46H49BrN6O7/c1-28(2)59-46(58)50-39(29-13-7-5-8-14-29)44(56)52-25-11-17-35(52)42(54)48-32-21-19-31(20-22-32)41-38(47)34-27-33(23-24-37(34)60-41)49-43(55)36-18-12-26-53(36)45(57)40(51(3)4)30-15-9-6-10-16-30/h5-10,13-16,19-24,27-28,35-36,39-40H,11-12,17-18,25-26H2,1-4H3,(H,48,54)(H,49,55)(H,50,58)/t35-,36-,39+,40+/m0/s1. The predicted octanol–water partition coefficient (Wildman–Crippen LogP) is 7.90. The highest BCUT2D eigenvalue weighted by Crippen LogP contribution is 2.39. The smallest absolute Gasteiger partial charge is 0.408 e. The number of amides is 5. The number of carbonyl (C=O) groups is 5. The number of rotatable bonds is 12. The maximum Gasteiger partial charge on any atom is 0.408 e. The molecule has 7 rings (SSSR count). The normalized spacial score (nSPS) is 17.4. The maximum absolute atomic E-state index is 13.9. The van der Waals surface area contributed by atoms with Gasteiger partial charge in [-0.25, -0.2) is 4.79 Å². The molecule has 13 nitrogen and oxygen atoms in total. The average molecular weight is 878 g/mol. The first kappa shape index (κ1) is 42.1. The van der Waals surface area contributed by atoms with Gasteiger partial charge in [-0.15, -0.1) is 0 Å². The van der Waals surface area contributed by atoms with Crippen molar-refractivity contribution in [1.82, 2.24) is 20.0 Å². The predicted molar refractivity (Wildman–Crippen MR) is 233 cm³/mol. The molecule has 5 amide bonds. The van der Waals surface area contributed by atoms with Crippen LogP contribution in [0.5, 0.6) is 0 Å². The molecule has 1 aromatic heterocycles. The first-order valence-corrected chi connectivity index (χ1v) is 21.0. The number of benzene rings is 4. The molecule has 2 saturated heterocycles.